The highest BCUT2D eigenvalue weighted by Crippen LogP contribution is 2.44. The number of benzene rings is 1. The minimum absolute atomic E-state index is 0.0436. The lowest BCUT2D eigenvalue weighted by atomic mass is 9.76. The monoisotopic (exact) mass is 514 g/mol. The molecule has 2 aliphatic rings. The molecule has 1 atom stereocenters. The van der Waals surface area contributed by atoms with Crippen LogP contribution in [0.1, 0.15) is 57.8 Å². The summed E-state index contributed by atoms with van der Waals surface area (Å²) in [5, 5.41) is 17.6. The van der Waals surface area contributed by atoms with Crippen LogP contribution in [-0.2, 0) is 0 Å². The quantitative estimate of drug-likeness (QED) is 0.514. The zero-order chi connectivity index (χ0) is 26.7. The van der Waals surface area contributed by atoms with Crippen LogP contribution in [0.25, 0.3) is 0 Å². The highest BCUT2D eigenvalue weighted by molar-refractivity contribution is 5.97. The standard InChI is InChI=1S/C27H39FN6O3/c1-6-34(19(4)5)26(36)21-13-20(28)7-8-23(21)37-25-24(29-17-30-31-25)32-11-10-27(14-32)15-33(16-27)22(9-12-35)18(2)3/h7-8,13,17-19,22,35H,6,9-12,14-16H2,1-5H3/t22-/m1/s1. The van der Waals surface area contributed by atoms with Gasteiger partial charge in [-0.25, -0.2) is 9.37 Å². The van der Waals surface area contributed by atoms with Gasteiger partial charge in [0.05, 0.1) is 5.56 Å². The molecule has 0 bridgehead atoms. The Bertz CT molecular complexity index is 1090. The average Bonchev–Trinajstić information content (AvgIpc) is 3.29. The Labute approximate surface area is 218 Å². The molecule has 4 rings (SSSR count). The lowest BCUT2D eigenvalue weighted by molar-refractivity contribution is -0.0376. The van der Waals surface area contributed by atoms with E-state index in [4.69, 9.17) is 4.74 Å². The predicted octanol–water partition coefficient (Wildman–Crippen LogP) is 3.59. The van der Waals surface area contributed by atoms with E-state index in [2.05, 4.69) is 38.8 Å². The summed E-state index contributed by atoms with van der Waals surface area (Å²) in [5.74, 6) is 0.665. The average molecular weight is 515 g/mol. The molecule has 2 aromatic rings. The van der Waals surface area contributed by atoms with Gasteiger partial charge in [-0.3, -0.25) is 9.69 Å². The van der Waals surface area contributed by atoms with Crippen LogP contribution in [0, 0.1) is 17.2 Å². The van der Waals surface area contributed by atoms with Crippen molar-refractivity contribution in [1.82, 2.24) is 25.0 Å². The predicted molar refractivity (Wildman–Crippen MR) is 139 cm³/mol. The number of hydrogen-bond donors (Lipinski definition) is 1. The summed E-state index contributed by atoms with van der Waals surface area (Å²) < 4.78 is 20.3. The molecule has 2 saturated heterocycles. The number of likely N-dealkylation sites (tertiary alicyclic amines) is 1. The minimum Gasteiger partial charge on any atom is -0.434 e. The molecule has 1 aromatic heterocycles. The topological polar surface area (TPSA) is 94.9 Å². The number of rotatable bonds is 10. The van der Waals surface area contributed by atoms with Gasteiger partial charge in [0, 0.05) is 56.8 Å². The number of nitrogens with zero attached hydrogens (tertiary/aromatic N) is 6. The summed E-state index contributed by atoms with van der Waals surface area (Å²) in [6.45, 7) is 14.4. The normalized spacial score (nSPS) is 17.9. The second-order valence-electron chi connectivity index (χ2n) is 10.9. The van der Waals surface area contributed by atoms with E-state index in [1.54, 1.807) is 4.90 Å². The van der Waals surface area contributed by atoms with E-state index in [9.17, 15) is 14.3 Å². The van der Waals surface area contributed by atoms with Gasteiger partial charge in [0.2, 0.25) is 0 Å². The maximum atomic E-state index is 14.2. The number of aliphatic hydroxyl groups is 1. The summed E-state index contributed by atoms with van der Waals surface area (Å²) >= 11 is 0. The zero-order valence-electron chi connectivity index (χ0n) is 22.5. The van der Waals surface area contributed by atoms with Crippen LogP contribution in [0.3, 0.4) is 0 Å². The number of anilines is 1. The number of ether oxygens (including phenoxy) is 1. The maximum Gasteiger partial charge on any atom is 0.282 e. The molecule has 0 aliphatic carbocycles. The van der Waals surface area contributed by atoms with Crippen LogP contribution < -0.4 is 9.64 Å². The summed E-state index contributed by atoms with van der Waals surface area (Å²) in [6, 6.07) is 4.27. The first-order valence-electron chi connectivity index (χ1n) is 13.2. The molecule has 1 spiro atoms. The molecule has 9 nitrogen and oxygen atoms in total. The van der Waals surface area contributed by atoms with Crippen LogP contribution >= 0.6 is 0 Å². The van der Waals surface area contributed by atoms with E-state index >= 15 is 0 Å². The SMILES string of the molecule is CCN(C(=O)c1cc(F)ccc1Oc1nncnc1N1CCC2(C1)CN([C@H](CCO)C(C)C)C2)C(C)C. The lowest BCUT2D eigenvalue weighted by Gasteiger charge is -2.52. The summed E-state index contributed by atoms with van der Waals surface area (Å²) in [7, 11) is 0. The van der Waals surface area contributed by atoms with Crippen molar-refractivity contribution in [3.8, 4) is 11.6 Å². The van der Waals surface area contributed by atoms with Gasteiger partial charge in [0.25, 0.3) is 11.8 Å². The fraction of sp³-hybridized carbons (Fsp3) is 0.630. The summed E-state index contributed by atoms with van der Waals surface area (Å²) in [6.07, 6.45) is 3.21. The Morgan fingerprint density at radius 2 is 2.00 bits per heavy atom. The Morgan fingerprint density at radius 3 is 2.65 bits per heavy atom. The van der Waals surface area contributed by atoms with Crippen molar-refractivity contribution in [2.24, 2.45) is 11.3 Å². The second-order valence-corrected chi connectivity index (χ2v) is 10.9. The smallest absolute Gasteiger partial charge is 0.282 e. The van der Waals surface area contributed by atoms with Gasteiger partial charge < -0.3 is 19.6 Å². The van der Waals surface area contributed by atoms with E-state index < -0.39 is 5.82 Å². The number of carbonyl (C=O) groups is 1. The van der Waals surface area contributed by atoms with E-state index in [1.165, 1.54) is 24.5 Å². The summed E-state index contributed by atoms with van der Waals surface area (Å²) in [4.78, 5) is 24.0. The lowest BCUT2D eigenvalue weighted by Crippen LogP contribution is -2.62. The molecule has 3 heterocycles. The molecular weight excluding hydrogens is 475 g/mol. The van der Waals surface area contributed by atoms with Gasteiger partial charge in [-0.15, -0.1) is 10.2 Å². The second kappa shape index (κ2) is 11.3. The highest BCUT2D eigenvalue weighted by atomic mass is 19.1. The van der Waals surface area contributed by atoms with Crippen LogP contribution in [0.2, 0.25) is 0 Å². The zero-order valence-corrected chi connectivity index (χ0v) is 22.5. The van der Waals surface area contributed by atoms with Crippen molar-refractivity contribution in [3.05, 3.63) is 35.9 Å². The number of carbonyl (C=O) groups excluding carboxylic acids is 1. The molecule has 10 heteroatoms. The van der Waals surface area contributed by atoms with Crippen LogP contribution in [-0.4, -0.2) is 87.4 Å². The first-order valence-corrected chi connectivity index (χ1v) is 13.2. The fourth-order valence-electron chi connectivity index (χ4n) is 5.80. The fourth-order valence-corrected chi connectivity index (χ4v) is 5.80. The van der Waals surface area contributed by atoms with Gasteiger partial charge in [-0.2, -0.15) is 0 Å². The molecule has 0 saturated carbocycles. The van der Waals surface area contributed by atoms with E-state index in [1.807, 2.05) is 20.8 Å². The first-order chi connectivity index (χ1) is 17.7. The van der Waals surface area contributed by atoms with E-state index in [0.29, 0.717) is 24.3 Å². The molecule has 37 heavy (non-hydrogen) atoms. The number of aliphatic hydroxyl groups excluding tert-OH is 1. The van der Waals surface area contributed by atoms with Crippen LogP contribution in [0.5, 0.6) is 11.6 Å². The number of halogens is 1. The van der Waals surface area contributed by atoms with Gasteiger partial charge in [-0.1, -0.05) is 13.8 Å². The van der Waals surface area contributed by atoms with Gasteiger partial charge in [-0.05, 0) is 57.7 Å². The molecule has 0 radical (unpaired) electrons. The van der Waals surface area contributed by atoms with Crippen molar-refractivity contribution in [2.75, 3.05) is 44.2 Å². The third-order valence-corrected chi connectivity index (χ3v) is 7.65. The van der Waals surface area contributed by atoms with Gasteiger partial charge in [0.1, 0.15) is 17.9 Å². The molecule has 1 aromatic carbocycles. The molecule has 0 unspecified atom stereocenters. The number of hydrogen-bond acceptors (Lipinski definition) is 8. The largest absolute Gasteiger partial charge is 0.434 e. The third-order valence-electron chi connectivity index (χ3n) is 7.65. The maximum absolute atomic E-state index is 14.2. The van der Waals surface area contributed by atoms with E-state index in [0.717, 1.165) is 39.0 Å². The first kappa shape index (κ1) is 27.2. The molecule has 2 aliphatic heterocycles. The van der Waals surface area contributed by atoms with Gasteiger partial charge >= 0.3 is 0 Å². The van der Waals surface area contributed by atoms with Crippen LogP contribution in [0.15, 0.2) is 24.5 Å². The van der Waals surface area contributed by atoms with Crippen molar-refractivity contribution < 1.29 is 19.0 Å². The molecule has 2 fully saturated rings. The Hall–Kier alpha value is -2.85. The van der Waals surface area contributed by atoms with Crippen molar-refractivity contribution in [2.45, 2.75) is 59.5 Å². The van der Waals surface area contributed by atoms with Crippen LogP contribution in [0.4, 0.5) is 10.2 Å². The molecule has 1 N–H and O–H groups in total. The Kier molecular flexibility index (Phi) is 8.28. The van der Waals surface area contributed by atoms with E-state index in [-0.39, 0.29) is 41.2 Å². The van der Waals surface area contributed by atoms with Crippen molar-refractivity contribution in [1.29, 1.82) is 0 Å². The minimum atomic E-state index is -0.509. The third kappa shape index (κ3) is 5.70. The van der Waals surface area contributed by atoms with Crippen molar-refractivity contribution >= 4 is 11.7 Å². The molecular formula is C27H39FN6O3. The Balaban J connectivity index is 1.52. The molecule has 1 amide bonds. The van der Waals surface area contributed by atoms with Gasteiger partial charge in [0.15, 0.2) is 5.82 Å². The number of aromatic nitrogens is 3. The molecule has 202 valence electrons. The number of amides is 1. The Morgan fingerprint density at radius 1 is 1.24 bits per heavy atom. The summed E-state index contributed by atoms with van der Waals surface area (Å²) in [5.41, 5.74) is 0.309. The highest BCUT2D eigenvalue weighted by Gasteiger charge is 2.50. The van der Waals surface area contributed by atoms with Crippen molar-refractivity contribution in [3.63, 3.8) is 0 Å².